The smallest absolute Gasteiger partial charge is 0.264 e. The van der Waals surface area contributed by atoms with Crippen LogP contribution in [0.1, 0.15) is 41.6 Å². The molecular weight excluding hydrogens is 664 g/mol. The van der Waals surface area contributed by atoms with Crippen LogP contribution in [0, 0.1) is 5.92 Å². The van der Waals surface area contributed by atoms with Crippen molar-refractivity contribution in [1.82, 2.24) is 15.0 Å². The average Bonchev–Trinajstić information content (AvgIpc) is 3.79. The number of nitrogens with zero attached hydrogens (tertiary/aromatic N) is 4. The first-order valence-electron chi connectivity index (χ1n) is 17.2. The van der Waals surface area contributed by atoms with Gasteiger partial charge in [0.2, 0.25) is 0 Å². The van der Waals surface area contributed by atoms with Gasteiger partial charge in [0.1, 0.15) is 5.75 Å². The minimum atomic E-state index is -2.33. The van der Waals surface area contributed by atoms with Crippen LogP contribution in [0.4, 0.5) is 5.69 Å². The Labute approximate surface area is 299 Å². The number of aliphatic hydroxyl groups is 1. The Kier molecular flexibility index (Phi) is 9.43. The summed E-state index contributed by atoms with van der Waals surface area (Å²) in [7, 11) is -0.647. The minimum Gasteiger partial charge on any atom is -0.497 e. The third-order valence-corrected chi connectivity index (χ3v) is 15.5. The molecule has 0 saturated carbocycles. The highest BCUT2D eigenvalue weighted by atomic mass is 35.5. The van der Waals surface area contributed by atoms with Gasteiger partial charge in [-0.2, -0.15) is 0 Å². The lowest BCUT2D eigenvalue weighted by atomic mass is 9.82. The highest BCUT2D eigenvalue weighted by molar-refractivity contribution is 6.91. The molecule has 2 aliphatic rings. The van der Waals surface area contributed by atoms with E-state index in [1.54, 1.807) is 7.11 Å². The van der Waals surface area contributed by atoms with Crippen LogP contribution in [0.2, 0.25) is 23.7 Å². The third-order valence-electron chi connectivity index (χ3n) is 10.9. The maximum atomic E-state index is 15.0. The molecule has 3 heterocycles. The Morgan fingerprint density at radius 3 is 2.38 bits per heavy atom. The number of fused-ring (bicyclic) bond motifs is 2. The predicted octanol–water partition coefficient (Wildman–Crippen LogP) is 6.92. The molecule has 1 fully saturated rings. The molecule has 2 aliphatic heterocycles. The molecule has 50 heavy (non-hydrogen) atoms. The van der Waals surface area contributed by atoms with Gasteiger partial charge in [0.15, 0.2) is 5.60 Å². The first kappa shape index (κ1) is 34.2. The van der Waals surface area contributed by atoms with Crippen molar-refractivity contribution in [3.8, 4) is 5.75 Å². The number of anilines is 1. The van der Waals surface area contributed by atoms with E-state index in [0.717, 1.165) is 28.1 Å². The summed E-state index contributed by atoms with van der Waals surface area (Å²) in [5.41, 5.74) is 3.31. The topological polar surface area (TPSA) is 89.7 Å². The number of aryl methyl sites for hydroxylation is 1. The normalized spacial score (nSPS) is 22.2. The molecule has 5 atom stereocenters. The Morgan fingerprint density at radius 1 is 1.00 bits per heavy atom. The number of hydrogen-bond acceptors (Lipinski definition) is 6. The van der Waals surface area contributed by atoms with Crippen LogP contribution in [0.3, 0.4) is 0 Å². The number of carbonyl (C=O) groups is 1. The summed E-state index contributed by atoms with van der Waals surface area (Å²) in [5.74, 6) is 0.352. The van der Waals surface area contributed by atoms with Gasteiger partial charge in [-0.1, -0.05) is 115 Å². The SMILES string of the molecule is COc1ccc([Si](C)(C)[C@H]2[C@H](CCn3cc(C(CO)c4ccccc4)nn3)O[C@@]3(C(=O)N(Cc4ccccc4)c4ccc(Cl)cc43)[C@@H]2C)cc1. The van der Waals surface area contributed by atoms with Gasteiger partial charge in [0.05, 0.1) is 51.7 Å². The summed E-state index contributed by atoms with van der Waals surface area (Å²) in [4.78, 5) is 16.9. The lowest BCUT2D eigenvalue weighted by molar-refractivity contribution is -0.146. The van der Waals surface area contributed by atoms with Crippen molar-refractivity contribution in [2.75, 3.05) is 18.6 Å². The molecule has 8 nitrogen and oxygen atoms in total. The van der Waals surface area contributed by atoms with E-state index in [0.29, 0.717) is 30.2 Å². The molecule has 7 rings (SSSR count). The van der Waals surface area contributed by atoms with E-state index in [1.165, 1.54) is 5.19 Å². The number of aliphatic hydroxyl groups excluding tert-OH is 1. The summed E-state index contributed by atoms with van der Waals surface area (Å²) < 4.78 is 14.6. The van der Waals surface area contributed by atoms with Crippen LogP contribution in [-0.2, 0) is 28.2 Å². The zero-order valence-corrected chi connectivity index (χ0v) is 30.6. The van der Waals surface area contributed by atoms with Crippen LogP contribution in [0.15, 0.2) is 109 Å². The van der Waals surface area contributed by atoms with Crippen LogP contribution >= 0.6 is 11.6 Å². The van der Waals surface area contributed by atoms with Crippen LogP contribution in [-0.4, -0.2) is 53.9 Å². The van der Waals surface area contributed by atoms with E-state index in [2.05, 4.69) is 42.5 Å². The number of hydrogen-bond donors (Lipinski definition) is 1. The van der Waals surface area contributed by atoms with E-state index in [1.807, 2.05) is 107 Å². The average molecular weight is 707 g/mol. The summed E-state index contributed by atoms with van der Waals surface area (Å²) in [6.07, 6.45) is 2.29. The number of amides is 1. The zero-order valence-electron chi connectivity index (χ0n) is 28.9. The minimum absolute atomic E-state index is 0.0464. The van der Waals surface area contributed by atoms with E-state index in [4.69, 9.17) is 21.1 Å². The van der Waals surface area contributed by atoms with Gasteiger partial charge in [-0.25, -0.2) is 0 Å². The molecule has 1 unspecified atom stereocenters. The third kappa shape index (κ3) is 5.96. The molecule has 0 bridgehead atoms. The van der Waals surface area contributed by atoms with Gasteiger partial charge in [0, 0.05) is 29.2 Å². The Morgan fingerprint density at radius 2 is 1.70 bits per heavy atom. The maximum absolute atomic E-state index is 15.0. The highest BCUT2D eigenvalue weighted by Crippen LogP contribution is 2.60. The fourth-order valence-electron chi connectivity index (χ4n) is 8.38. The van der Waals surface area contributed by atoms with Gasteiger partial charge in [0.25, 0.3) is 5.91 Å². The van der Waals surface area contributed by atoms with E-state index >= 15 is 0 Å². The lowest BCUT2D eigenvalue weighted by Crippen LogP contribution is -2.51. The van der Waals surface area contributed by atoms with Crippen molar-refractivity contribution < 1.29 is 19.4 Å². The van der Waals surface area contributed by atoms with Crippen molar-refractivity contribution in [3.05, 3.63) is 137 Å². The number of aromatic nitrogens is 3. The van der Waals surface area contributed by atoms with E-state index in [-0.39, 0.29) is 36.0 Å². The fraction of sp³-hybridized carbons (Fsp3) is 0.325. The standard InChI is InChI=1S/C40H43ClN4O4Si/c1-27-38(50(3,4)32-18-16-31(48-2)17-19-32)37(21-22-44-25-35(42-43-44)33(26-46)29-13-9-6-10-14-29)49-40(27)34-23-30(41)15-20-36(34)45(39(40)47)24-28-11-7-5-8-12-28/h5-20,23,25,27,33,37-38,46H,21-22,24,26H2,1-4H3/t27-,33?,37+,38-,40+/m1/s1. The molecular formula is C40H43ClN4O4Si. The van der Waals surface area contributed by atoms with Crippen molar-refractivity contribution in [2.45, 2.75) is 62.7 Å². The fourth-order valence-corrected chi connectivity index (χ4v) is 12.6. The van der Waals surface area contributed by atoms with Gasteiger partial charge in [-0.3, -0.25) is 9.48 Å². The largest absolute Gasteiger partial charge is 0.497 e. The first-order chi connectivity index (χ1) is 24.2. The molecule has 4 aromatic carbocycles. The second-order valence-electron chi connectivity index (χ2n) is 14.0. The van der Waals surface area contributed by atoms with Crippen molar-refractivity contribution in [1.29, 1.82) is 0 Å². The lowest BCUT2D eigenvalue weighted by Gasteiger charge is -2.37. The number of rotatable bonds is 11. The molecule has 0 radical (unpaired) electrons. The molecule has 1 amide bonds. The molecule has 1 aromatic heterocycles. The summed E-state index contributed by atoms with van der Waals surface area (Å²) in [6.45, 7) is 7.87. The zero-order chi connectivity index (χ0) is 35.0. The second kappa shape index (κ2) is 13.8. The summed E-state index contributed by atoms with van der Waals surface area (Å²) in [5, 5.41) is 21.0. The molecule has 1 N–H and O–H groups in total. The molecule has 258 valence electrons. The van der Waals surface area contributed by atoms with Crippen LogP contribution in [0.25, 0.3) is 0 Å². The Hall–Kier alpha value is -4.28. The van der Waals surface area contributed by atoms with Crippen molar-refractivity contribution in [3.63, 3.8) is 0 Å². The number of halogens is 1. The number of ether oxygens (including phenoxy) is 2. The Balaban J connectivity index is 1.25. The number of carbonyl (C=O) groups excluding carboxylic acids is 1. The van der Waals surface area contributed by atoms with E-state index < -0.39 is 13.7 Å². The molecule has 5 aromatic rings. The number of methoxy groups -OCH3 is 1. The first-order valence-corrected chi connectivity index (χ1v) is 20.7. The molecule has 1 saturated heterocycles. The second-order valence-corrected chi connectivity index (χ2v) is 19.2. The van der Waals surface area contributed by atoms with Gasteiger partial charge >= 0.3 is 0 Å². The van der Waals surface area contributed by atoms with Crippen molar-refractivity contribution >= 4 is 36.5 Å². The highest BCUT2D eigenvalue weighted by Gasteiger charge is 2.66. The Bertz CT molecular complexity index is 1960. The van der Waals surface area contributed by atoms with Crippen LogP contribution in [0.5, 0.6) is 5.75 Å². The monoisotopic (exact) mass is 706 g/mol. The predicted molar refractivity (Wildman–Crippen MR) is 199 cm³/mol. The molecule has 10 heteroatoms. The van der Waals surface area contributed by atoms with E-state index in [9.17, 15) is 9.90 Å². The van der Waals surface area contributed by atoms with Gasteiger partial charge in [-0.05, 0) is 53.4 Å². The van der Waals surface area contributed by atoms with Crippen LogP contribution < -0.4 is 14.8 Å². The molecule has 0 aliphatic carbocycles. The maximum Gasteiger partial charge on any atom is 0.264 e. The van der Waals surface area contributed by atoms with Gasteiger partial charge < -0.3 is 19.5 Å². The molecule has 1 spiro atoms. The number of benzene rings is 4. The summed E-state index contributed by atoms with van der Waals surface area (Å²) in [6, 6.07) is 34.1. The quantitative estimate of drug-likeness (QED) is 0.150. The van der Waals surface area contributed by atoms with Gasteiger partial charge in [-0.15, -0.1) is 5.10 Å². The summed E-state index contributed by atoms with van der Waals surface area (Å²) >= 11 is 6.68. The van der Waals surface area contributed by atoms with Crippen molar-refractivity contribution in [2.24, 2.45) is 5.92 Å².